The molecule has 3 aromatic carbocycles. The molecular formula is C24H24N2O3S. The van der Waals surface area contributed by atoms with E-state index in [-0.39, 0.29) is 10.9 Å². The number of hydrogen-bond donors (Lipinski definition) is 1. The molecule has 0 radical (unpaired) electrons. The molecule has 1 N–H and O–H groups in total. The maximum Gasteiger partial charge on any atom is 0.241 e. The molecule has 5 nitrogen and oxygen atoms in total. The Kier molecular flexibility index (Phi) is 5.97. The van der Waals surface area contributed by atoms with Gasteiger partial charge in [-0.3, -0.25) is 0 Å². The van der Waals surface area contributed by atoms with Crippen molar-refractivity contribution >= 4 is 15.9 Å². The van der Waals surface area contributed by atoms with E-state index in [2.05, 4.69) is 4.72 Å². The van der Waals surface area contributed by atoms with Crippen LogP contribution in [-0.4, -0.2) is 27.0 Å². The van der Waals surface area contributed by atoms with Crippen LogP contribution in [0.1, 0.15) is 22.7 Å². The van der Waals surface area contributed by atoms with E-state index in [0.717, 1.165) is 16.7 Å². The van der Waals surface area contributed by atoms with Crippen LogP contribution in [0.15, 0.2) is 94.8 Å². The summed E-state index contributed by atoms with van der Waals surface area (Å²) >= 11 is 0. The molecule has 0 bridgehead atoms. The minimum absolute atomic E-state index is 0.136. The summed E-state index contributed by atoms with van der Waals surface area (Å²) in [6, 6.07) is 25.7. The van der Waals surface area contributed by atoms with Crippen LogP contribution in [0.25, 0.3) is 0 Å². The van der Waals surface area contributed by atoms with Gasteiger partial charge in [0.1, 0.15) is 18.7 Å². The van der Waals surface area contributed by atoms with E-state index in [1.54, 1.807) is 24.3 Å². The summed E-state index contributed by atoms with van der Waals surface area (Å²) in [7, 11) is -3.73. The Labute approximate surface area is 177 Å². The molecule has 0 saturated carbocycles. The standard InChI is InChI=1S/C24H24N2O3S/c1-18-12-14-21(15-13-18)30(27,28)26-22(16-19-8-4-2-5-9-19)24-25-23(17-29-24)20-10-6-3-7-11-20/h2-15,22-23,26H,16-17H2,1H3/t22-,23+/m1/s1. The number of aliphatic imine (C=N–C) groups is 1. The highest BCUT2D eigenvalue weighted by Gasteiger charge is 2.30. The average Bonchev–Trinajstić information content (AvgIpc) is 3.25. The third-order valence-electron chi connectivity index (χ3n) is 5.07. The van der Waals surface area contributed by atoms with E-state index >= 15 is 0 Å². The molecule has 154 valence electrons. The number of hydrogen-bond acceptors (Lipinski definition) is 4. The smallest absolute Gasteiger partial charge is 0.241 e. The molecule has 6 heteroatoms. The highest BCUT2D eigenvalue weighted by molar-refractivity contribution is 7.89. The largest absolute Gasteiger partial charge is 0.477 e. The van der Waals surface area contributed by atoms with E-state index in [0.29, 0.717) is 18.9 Å². The summed E-state index contributed by atoms with van der Waals surface area (Å²) in [6.45, 7) is 2.32. The molecular weight excluding hydrogens is 396 g/mol. The lowest BCUT2D eigenvalue weighted by molar-refractivity contribution is 0.305. The third-order valence-corrected chi connectivity index (χ3v) is 6.55. The molecule has 0 unspecified atom stereocenters. The maximum absolute atomic E-state index is 13.0. The Bertz CT molecular complexity index is 1110. The minimum Gasteiger partial charge on any atom is -0.477 e. The van der Waals surface area contributed by atoms with Gasteiger partial charge >= 0.3 is 0 Å². The summed E-state index contributed by atoms with van der Waals surface area (Å²) in [5.74, 6) is 0.420. The number of nitrogens with zero attached hydrogens (tertiary/aromatic N) is 1. The second-order valence-corrected chi connectivity index (χ2v) is 9.10. The van der Waals surface area contributed by atoms with Crippen molar-refractivity contribution in [2.45, 2.75) is 30.3 Å². The molecule has 0 saturated heterocycles. The zero-order valence-electron chi connectivity index (χ0n) is 16.7. The van der Waals surface area contributed by atoms with Crippen LogP contribution in [0.3, 0.4) is 0 Å². The molecule has 30 heavy (non-hydrogen) atoms. The lowest BCUT2D eigenvalue weighted by atomic mass is 10.1. The summed E-state index contributed by atoms with van der Waals surface area (Å²) < 4.78 is 34.7. The van der Waals surface area contributed by atoms with Crippen LogP contribution in [0.2, 0.25) is 0 Å². The predicted octanol–water partition coefficient (Wildman–Crippen LogP) is 4.05. The number of sulfonamides is 1. The van der Waals surface area contributed by atoms with Crippen LogP contribution in [0, 0.1) is 6.92 Å². The van der Waals surface area contributed by atoms with E-state index in [1.807, 2.05) is 67.6 Å². The number of benzene rings is 3. The SMILES string of the molecule is Cc1ccc(S(=O)(=O)N[C@H](Cc2ccccc2)C2=N[C@H](c3ccccc3)CO2)cc1. The van der Waals surface area contributed by atoms with Gasteiger partial charge in [-0.25, -0.2) is 13.4 Å². The molecule has 0 spiro atoms. The Hall–Kier alpha value is -2.96. The molecule has 1 aliphatic heterocycles. The first-order chi connectivity index (χ1) is 14.5. The van der Waals surface area contributed by atoms with Gasteiger partial charge in [-0.05, 0) is 36.6 Å². The second-order valence-electron chi connectivity index (χ2n) is 7.38. The lowest BCUT2D eigenvalue weighted by Gasteiger charge is -2.18. The van der Waals surface area contributed by atoms with Gasteiger partial charge in [0.05, 0.1) is 4.90 Å². The van der Waals surface area contributed by atoms with Crippen LogP contribution in [0.4, 0.5) is 0 Å². The molecule has 0 aliphatic carbocycles. The zero-order chi connectivity index (χ0) is 21.0. The van der Waals surface area contributed by atoms with E-state index < -0.39 is 16.1 Å². The molecule has 4 rings (SSSR count). The van der Waals surface area contributed by atoms with Gasteiger partial charge in [0.2, 0.25) is 15.9 Å². The first-order valence-electron chi connectivity index (χ1n) is 9.89. The van der Waals surface area contributed by atoms with Crippen LogP contribution in [0.5, 0.6) is 0 Å². The van der Waals surface area contributed by atoms with E-state index in [9.17, 15) is 8.42 Å². The molecule has 3 aromatic rings. The number of nitrogens with one attached hydrogen (secondary N) is 1. The summed E-state index contributed by atoms with van der Waals surface area (Å²) in [4.78, 5) is 4.94. The molecule has 0 fully saturated rings. The fourth-order valence-electron chi connectivity index (χ4n) is 3.43. The van der Waals surface area contributed by atoms with Gasteiger partial charge in [-0.15, -0.1) is 0 Å². The Morgan fingerprint density at radius 1 is 0.967 bits per heavy atom. The van der Waals surface area contributed by atoms with Gasteiger partial charge in [0.15, 0.2) is 0 Å². The summed E-state index contributed by atoms with van der Waals surface area (Å²) in [6.07, 6.45) is 0.451. The van der Waals surface area contributed by atoms with Crippen molar-refractivity contribution in [1.29, 1.82) is 0 Å². The summed E-state index contributed by atoms with van der Waals surface area (Å²) in [5, 5.41) is 0. The van der Waals surface area contributed by atoms with Crippen molar-refractivity contribution in [3.63, 3.8) is 0 Å². The Morgan fingerprint density at radius 2 is 1.60 bits per heavy atom. The van der Waals surface area contributed by atoms with Crippen molar-refractivity contribution in [2.75, 3.05) is 6.61 Å². The van der Waals surface area contributed by atoms with Crippen LogP contribution < -0.4 is 4.72 Å². The van der Waals surface area contributed by atoms with Crippen LogP contribution >= 0.6 is 0 Å². The lowest BCUT2D eigenvalue weighted by Crippen LogP contribution is -2.42. The quantitative estimate of drug-likeness (QED) is 0.627. The van der Waals surface area contributed by atoms with Gasteiger partial charge in [0, 0.05) is 0 Å². The monoisotopic (exact) mass is 420 g/mol. The molecule has 1 heterocycles. The fraction of sp³-hybridized carbons (Fsp3) is 0.208. The topological polar surface area (TPSA) is 67.8 Å². The number of ether oxygens (including phenoxy) is 1. The van der Waals surface area contributed by atoms with Crippen molar-refractivity contribution in [1.82, 2.24) is 4.72 Å². The predicted molar refractivity (Wildman–Crippen MR) is 118 cm³/mol. The Balaban J connectivity index is 1.62. The van der Waals surface area contributed by atoms with Crippen molar-refractivity contribution in [3.8, 4) is 0 Å². The number of aryl methyl sites for hydroxylation is 1. The molecule has 0 amide bonds. The first-order valence-corrected chi connectivity index (χ1v) is 11.4. The summed E-state index contributed by atoms with van der Waals surface area (Å²) in [5.41, 5.74) is 3.06. The third kappa shape index (κ3) is 4.78. The second kappa shape index (κ2) is 8.81. The Morgan fingerprint density at radius 3 is 2.27 bits per heavy atom. The molecule has 0 aromatic heterocycles. The highest BCUT2D eigenvalue weighted by Crippen LogP contribution is 2.25. The number of rotatable bonds is 7. The van der Waals surface area contributed by atoms with Gasteiger partial charge in [-0.2, -0.15) is 4.72 Å². The fourth-order valence-corrected chi connectivity index (χ4v) is 4.62. The maximum atomic E-state index is 13.0. The normalized spacial score (nSPS) is 17.2. The average molecular weight is 421 g/mol. The highest BCUT2D eigenvalue weighted by atomic mass is 32.2. The van der Waals surface area contributed by atoms with Crippen LogP contribution in [-0.2, 0) is 21.2 Å². The van der Waals surface area contributed by atoms with Crippen molar-refractivity contribution in [2.24, 2.45) is 4.99 Å². The molecule has 1 aliphatic rings. The van der Waals surface area contributed by atoms with Gasteiger partial charge in [0.25, 0.3) is 0 Å². The van der Waals surface area contributed by atoms with Gasteiger partial charge < -0.3 is 4.74 Å². The van der Waals surface area contributed by atoms with Crippen molar-refractivity contribution in [3.05, 3.63) is 102 Å². The minimum atomic E-state index is -3.73. The van der Waals surface area contributed by atoms with E-state index in [4.69, 9.17) is 9.73 Å². The first kappa shape index (κ1) is 20.3. The van der Waals surface area contributed by atoms with Gasteiger partial charge in [-0.1, -0.05) is 78.4 Å². The zero-order valence-corrected chi connectivity index (χ0v) is 17.5. The van der Waals surface area contributed by atoms with Crippen molar-refractivity contribution < 1.29 is 13.2 Å². The molecule has 2 atom stereocenters. The van der Waals surface area contributed by atoms with E-state index in [1.165, 1.54) is 0 Å².